The topological polar surface area (TPSA) is 28.7 Å². The van der Waals surface area contributed by atoms with Crippen LogP contribution in [-0.4, -0.2) is 9.97 Å². The van der Waals surface area contributed by atoms with Gasteiger partial charge in [-0.15, -0.1) is 11.3 Å². The fourth-order valence-electron chi connectivity index (χ4n) is 1.87. The normalized spacial score (nSPS) is 10.6. The molecule has 3 rings (SSSR count). The summed E-state index contributed by atoms with van der Waals surface area (Å²) in [7, 11) is 0. The molecule has 0 spiro atoms. The Labute approximate surface area is 104 Å². The molecule has 2 heterocycles. The number of aryl methyl sites for hydroxylation is 1. The highest BCUT2D eigenvalue weighted by Gasteiger charge is 2.10. The van der Waals surface area contributed by atoms with E-state index in [9.17, 15) is 0 Å². The van der Waals surface area contributed by atoms with Crippen molar-refractivity contribution in [1.82, 2.24) is 9.97 Å². The number of H-pyrrole nitrogens is 1. The van der Waals surface area contributed by atoms with Crippen LogP contribution in [0.25, 0.3) is 22.0 Å². The van der Waals surface area contributed by atoms with Gasteiger partial charge in [-0.2, -0.15) is 0 Å². The summed E-state index contributed by atoms with van der Waals surface area (Å²) in [6.07, 6.45) is 0. The number of rotatable bonds is 2. The zero-order valence-electron chi connectivity index (χ0n) is 9.47. The van der Waals surface area contributed by atoms with Gasteiger partial charge < -0.3 is 4.98 Å². The minimum atomic E-state index is 0.955. The molecule has 3 aromatic rings. The molecule has 1 aromatic carbocycles. The van der Waals surface area contributed by atoms with Crippen LogP contribution in [0, 0.1) is 6.92 Å². The summed E-state index contributed by atoms with van der Waals surface area (Å²) in [4.78, 5) is 9.20. The van der Waals surface area contributed by atoms with Crippen LogP contribution >= 0.6 is 11.3 Å². The van der Waals surface area contributed by atoms with E-state index in [1.165, 1.54) is 4.88 Å². The van der Waals surface area contributed by atoms with Crippen molar-refractivity contribution in [2.24, 2.45) is 0 Å². The first-order valence-electron chi connectivity index (χ1n) is 5.50. The lowest BCUT2D eigenvalue weighted by atomic mass is 10.1. The van der Waals surface area contributed by atoms with Gasteiger partial charge in [-0.25, -0.2) is 4.98 Å². The number of imidazole rings is 1. The smallest absolute Gasteiger partial charge is 0.148 e. The zero-order chi connectivity index (χ0) is 11.7. The van der Waals surface area contributed by atoms with Gasteiger partial charge in [0.1, 0.15) is 5.82 Å². The van der Waals surface area contributed by atoms with Crippen LogP contribution in [-0.2, 0) is 0 Å². The molecular weight excluding hydrogens is 228 g/mol. The lowest BCUT2D eigenvalue weighted by Gasteiger charge is -1.96. The van der Waals surface area contributed by atoms with Crippen LogP contribution in [0.15, 0.2) is 47.8 Å². The standard InChI is InChI=1S/C14H12N2S/c1-10-13(11-6-3-2-4-7-11)16-14(15-10)12-8-5-9-17-12/h2-9H,1H3,(H,15,16). The van der Waals surface area contributed by atoms with Crippen molar-refractivity contribution in [3.8, 4) is 22.0 Å². The first-order chi connectivity index (χ1) is 8.34. The second-order valence-corrected chi connectivity index (χ2v) is 4.85. The maximum Gasteiger partial charge on any atom is 0.148 e. The van der Waals surface area contributed by atoms with Crippen molar-refractivity contribution in [1.29, 1.82) is 0 Å². The summed E-state index contributed by atoms with van der Waals surface area (Å²) in [5, 5.41) is 2.06. The van der Waals surface area contributed by atoms with Crippen molar-refractivity contribution in [3.63, 3.8) is 0 Å². The summed E-state index contributed by atoms with van der Waals surface area (Å²) >= 11 is 1.70. The third kappa shape index (κ3) is 1.89. The van der Waals surface area contributed by atoms with Crippen LogP contribution < -0.4 is 0 Å². The summed E-state index contributed by atoms with van der Waals surface area (Å²) in [6.45, 7) is 2.06. The third-order valence-electron chi connectivity index (χ3n) is 2.69. The molecule has 2 aromatic heterocycles. The number of aromatic amines is 1. The summed E-state index contributed by atoms with van der Waals surface area (Å²) in [5.74, 6) is 0.955. The maximum absolute atomic E-state index is 4.68. The molecule has 0 aliphatic heterocycles. The number of benzene rings is 1. The fraction of sp³-hybridized carbons (Fsp3) is 0.0714. The molecule has 0 unspecified atom stereocenters. The quantitative estimate of drug-likeness (QED) is 0.717. The van der Waals surface area contributed by atoms with Crippen molar-refractivity contribution in [2.75, 3.05) is 0 Å². The molecule has 0 saturated heterocycles. The van der Waals surface area contributed by atoms with E-state index < -0.39 is 0 Å². The number of nitrogens with zero attached hydrogens (tertiary/aromatic N) is 1. The van der Waals surface area contributed by atoms with Gasteiger partial charge >= 0.3 is 0 Å². The van der Waals surface area contributed by atoms with Crippen LogP contribution in [0.1, 0.15) is 5.69 Å². The molecule has 0 fully saturated rings. The van der Waals surface area contributed by atoms with Gasteiger partial charge in [0.15, 0.2) is 0 Å². The number of thiophene rings is 1. The Morgan fingerprint density at radius 2 is 1.88 bits per heavy atom. The average Bonchev–Trinajstić information content (AvgIpc) is 2.99. The molecule has 3 heteroatoms. The molecule has 0 bridgehead atoms. The molecule has 2 nitrogen and oxygen atoms in total. The number of hydrogen-bond acceptors (Lipinski definition) is 2. The third-order valence-corrected chi connectivity index (χ3v) is 3.56. The Kier molecular flexibility index (Phi) is 2.53. The van der Waals surface area contributed by atoms with Crippen LogP contribution in [0.3, 0.4) is 0 Å². The van der Waals surface area contributed by atoms with Crippen molar-refractivity contribution in [2.45, 2.75) is 6.92 Å². The molecule has 0 amide bonds. The van der Waals surface area contributed by atoms with Gasteiger partial charge in [-0.05, 0) is 18.4 Å². The molecular formula is C14H12N2S. The summed E-state index contributed by atoms with van der Waals surface area (Å²) in [6, 6.07) is 14.4. The van der Waals surface area contributed by atoms with E-state index in [4.69, 9.17) is 0 Å². The fourth-order valence-corrected chi connectivity index (χ4v) is 2.54. The van der Waals surface area contributed by atoms with Gasteiger partial charge in [-0.3, -0.25) is 0 Å². The molecule has 0 atom stereocenters. The highest BCUT2D eigenvalue weighted by molar-refractivity contribution is 7.13. The van der Waals surface area contributed by atoms with E-state index in [0.717, 1.165) is 22.8 Å². The molecule has 0 aliphatic carbocycles. The van der Waals surface area contributed by atoms with Crippen LogP contribution in [0.5, 0.6) is 0 Å². The number of aromatic nitrogens is 2. The SMILES string of the molecule is Cc1[nH]c(-c2cccs2)nc1-c1ccccc1. The lowest BCUT2D eigenvalue weighted by Crippen LogP contribution is -1.79. The van der Waals surface area contributed by atoms with E-state index in [2.05, 4.69) is 40.5 Å². The minimum absolute atomic E-state index is 0.955. The van der Waals surface area contributed by atoms with Gasteiger partial charge in [0.25, 0.3) is 0 Å². The van der Waals surface area contributed by atoms with Crippen molar-refractivity contribution >= 4 is 11.3 Å². The van der Waals surface area contributed by atoms with E-state index in [-0.39, 0.29) is 0 Å². The number of nitrogens with one attached hydrogen (secondary N) is 1. The lowest BCUT2D eigenvalue weighted by molar-refractivity contribution is 1.26. The highest BCUT2D eigenvalue weighted by atomic mass is 32.1. The van der Waals surface area contributed by atoms with E-state index in [0.29, 0.717) is 0 Å². The summed E-state index contributed by atoms with van der Waals surface area (Å²) < 4.78 is 0. The van der Waals surface area contributed by atoms with E-state index in [1.807, 2.05) is 24.3 Å². The van der Waals surface area contributed by atoms with Gasteiger partial charge in [0, 0.05) is 11.3 Å². The minimum Gasteiger partial charge on any atom is -0.341 e. The Morgan fingerprint density at radius 1 is 1.06 bits per heavy atom. The first-order valence-corrected chi connectivity index (χ1v) is 6.38. The second kappa shape index (κ2) is 4.18. The predicted octanol–water partition coefficient (Wildman–Crippen LogP) is 4.11. The zero-order valence-corrected chi connectivity index (χ0v) is 10.3. The number of hydrogen-bond donors (Lipinski definition) is 1. The molecule has 17 heavy (non-hydrogen) atoms. The molecule has 1 N–H and O–H groups in total. The van der Waals surface area contributed by atoms with Crippen molar-refractivity contribution < 1.29 is 0 Å². The maximum atomic E-state index is 4.68. The van der Waals surface area contributed by atoms with E-state index in [1.54, 1.807) is 11.3 Å². The van der Waals surface area contributed by atoms with Gasteiger partial charge in [-0.1, -0.05) is 36.4 Å². The molecule has 84 valence electrons. The average molecular weight is 240 g/mol. The molecule has 0 aliphatic rings. The predicted molar refractivity (Wildman–Crippen MR) is 72.1 cm³/mol. The Hall–Kier alpha value is -1.87. The van der Waals surface area contributed by atoms with Crippen LogP contribution in [0.2, 0.25) is 0 Å². The monoisotopic (exact) mass is 240 g/mol. The first kappa shape index (κ1) is 10.3. The molecule has 0 radical (unpaired) electrons. The highest BCUT2D eigenvalue weighted by Crippen LogP contribution is 2.27. The van der Waals surface area contributed by atoms with Crippen LogP contribution in [0.4, 0.5) is 0 Å². The van der Waals surface area contributed by atoms with Crippen molar-refractivity contribution in [3.05, 3.63) is 53.5 Å². The Bertz CT molecular complexity index is 609. The van der Waals surface area contributed by atoms with Gasteiger partial charge in [0.2, 0.25) is 0 Å². The second-order valence-electron chi connectivity index (χ2n) is 3.90. The molecule has 0 saturated carbocycles. The Morgan fingerprint density at radius 3 is 2.59 bits per heavy atom. The largest absolute Gasteiger partial charge is 0.341 e. The van der Waals surface area contributed by atoms with Gasteiger partial charge in [0.05, 0.1) is 10.6 Å². The Balaban J connectivity index is 2.08. The van der Waals surface area contributed by atoms with E-state index >= 15 is 0 Å². The summed E-state index contributed by atoms with van der Waals surface area (Å²) in [5.41, 5.74) is 3.30.